The summed E-state index contributed by atoms with van der Waals surface area (Å²) in [5, 5.41) is 9.21. The first-order valence-electron chi connectivity index (χ1n) is 6.30. The van der Waals surface area contributed by atoms with Gasteiger partial charge in [0.2, 0.25) is 5.91 Å². The molecule has 1 saturated heterocycles. The molecule has 1 atom stereocenters. The van der Waals surface area contributed by atoms with E-state index in [0.29, 0.717) is 11.6 Å². The molecule has 20 heavy (non-hydrogen) atoms. The van der Waals surface area contributed by atoms with Crippen LogP contribution in [0.15, 0.2) is 12.4 Å². The predicted molar refractivity (Wildman–Crippen MR) is 74.3 cm³/mol. The number of aromatic nitrogens is 2. The van der Waals surface area contributed by atoms with E-state index in [9.17, 15) is 13.6 Å². The molecule has 0 radical (unpaired) electrons. The number of anilines is 1. The predicted octanol–water partition coefficient (Wildman–Crippen LogP) is 1.90. The molecule has 2 heterocycles. The van der Waals surface area contributed by atoms with Gasteiger partial charge in [-0.2, -0.15) is 5.10 Å². The summed E-state index contributed by atoms with van der Waals surface area (Å²) in [6, 6.07) is -0.844. The molecule has 1 unspecified atom stereocenters. The van der Waals surface area contributed by atoms with Gasteiger partial charge in [0.1, 0.15) is 0 Å². The molecule has 0 saturated carbocycles. The van der Waals surface area contributed by atoms with E-state index < -0.39 is 30.8 Å². The lowest BCUT2D eigenvalue weighted by Gasteiger charge is -2.09. The smallest absolute Gasteiger partial charge is 0.262 e. The highest BCUT2D eigenvalue weighted by Crippen LogP contribution is 2.25. The van der Waals surface area contributed by atoms with Gasteiger partial charge in [-0.05, 0) is 5.92 Å². The molecule has 1 aliphatic heterocycles. The van der Waals surface area contributed by atoms with Crippen LogP contribution >= 0.6 is 12.4 Å². The van der Waals surface area contributed by atoms with E-state index in [-0.39, 0.29) is 12.4 Å². The van der Waals surface area contributed by atoms with E-state index in [1.807, 2.05) is 0 Å². The Morgan fingerprint density at radius 1 is 1.65 bits per heavy atom. The Hall–Kier alpha value is -1.21. The third-order valence-electron chi connectivity index (χ3n) is 2.88. The molecule has 2 N–H and O–H groups in total. The molecule has 0 spiro atoms. The quantitative estimate of drug-likeness (QED) is 0.893. The lowest BCUT2D eigenvalue weighted by atomic mass is 10.2. The minimum atomic E-state index is -2.80. The molecule has 0 aliphatic carbocycles. The van der Waals surface area contributed by atoms with Crippen LogP contribution in [0.25, 0.3) is 0 Å². The summed E-state index contributed by atoms with van der Waals surface area (Å²) in [5.41, 5.74) is 0.530. The molecule has 2 rings (SSSR count). The van der Waals surface area contributed by atoms with Crippen LogP contribution in [-0.2, 0) is 11.3 Å². The van der Waals surface area contributed by atoms with Crippen LogP contribution in [-0.4, -0.2) is 34.2 Å². The van der Waals surface area contributed by atoms with Gasteiger partial charge in [0.25, 0.3) is 5.92 Å². The zero-order valence-corrected chi connectivity index (χ0v) is 12.2. The number of nitrogens with zero attached hydrogens (tertiary/aromatic N) is 2. The monoisotopic (exact) mass is 308 g/mol. The number of rotatable bonds is 4. The Morgan fingerprint density at radius 2 is 2.35 bits per heavy atom. The summed E-state index contributed by atoms with van der Waals surface area (Å²) in [5.74, 6) is -2.80. The second-order valence-corrected chi connectivity index (χ2v) is 5.33. The van der Waals surface area contributed by atoms with Crippen LogP contribution in [0, 0.1) is 5.92 Å². The van der Waals surface area contributed by atoms with Gasteiger partial charge in [0.05, 0.1) is 24.5 Å². The standard InChI is InChI=1S/C12H18F2N4O.ClH/c1-8(2)5-18-6-9(4-16-18)17-11(19)10-3-12(13,14)7-15-10;/h4,6,8,10,15H,3,5,7H2,1-2H3,(H,17,19);1H. The number of carbonyl (C=O) groups excluding carboxylic acids is 1. The maximum absolute atomic E-state index is 13.0. The zero-order valence-electron chi connectivity index (χ0n) is 11.4. The average molecular weight is 309 g/mol. The van der Waals surface area contributed by atoms with Crippen molar-refractivity contribution < 1.29 is 13.6 Å². The molecule has 114 valence electrons. The van der Waals surface area contributed by atoms with Gasteiger partial charge in [-0.1, -0.05) is 13.8 Å². The molecule has 1 aromatic rings. The van der Waals surface area contributed by atoms with Crippen molar-refractivity contribution >= 4 is 24.0 Å². The van der Waals surface area contributed by atoms with Crippen molar-refractivity contribution in [2.75, 3.05) is 11.9 Å². The number of hydrogen-bond acceptors (Lipinski definition) is 3. The third-order valence-corrected chi connectivity index (χ3v) is 2.88. The SMILES string of the molecule is CC(C)Cn1cc(NC(=O)C2CC(F)(F)CN2)cn1.Cl. The highest BCUT2D eigenvalue weighted by molar-refractivity contribution is 5.94. The lowest BCUT2D eigenvalue weighted by Crippen LogP contribution is -2.35. The fourth-order valence-corrected chi connectivity index (χ4v) is 2.03. The largest absolute Gasteiger partial charge is 0.322 e. The van der Waals surface area contributed by atoms with Crippen LogP contribution in [0.4, 0.5) is 14.5 Å². The average Bonchev–Trinajstić information content (AvgIpc) is 2.84. The fourth-order valence-electron chi connectivity index (χ4n) is 2.03. The summed E-state index contributed by atoms with van der Waals surface area (Å²) < 4.78 is 27.7. The second kappa shape index (κ2) is 6.49. The Morgan fingerprint density at radius 3 is 2.90 bits per heavy atom. The van der Waals surface area contributed by atoms with Gasteiger partial charge < -0.3 is 5.32 Å². The van der Waals surface area contributed by atoms with Crippen LogP contribution in [0.5, 0.6) is 0 Å². The molecule has 0 aromatic carbocycles. The summed E-state index contributed by atoms with van der Waals surface area (Å²) >= 11 is 0. The maximum Gasteiger partial charge on any atom is 0.262 e. The molecular weight excluding hydrogens is 290 g/mol. The molecule has 1 aliphatic rings. The molecule has 8 heteroatoms. The van der Waals surface area contributed by atoms with Gasteiger partial charge >= 0.3 is 0 Å². The summed E-state index contributed by atoms with van der Waals surface area (Å²) in [6.07, 6.45) is 2.76. The molecule has 5 nitrogen and oxygen atoms in total. The summed E-state index contributed by atoms with van der Waals surface area (Å²) in [4.78, 5) is 11.8. The number of amides is 1. The zero-order chi connectivity index (χ0) is 14.0. The number of alkyl halides is 2. The minimum absolute atomic E-state index is 0. The van der Waals surface area contributed by atoms with Crippen LogP contribution < -0.4 is 10.6 Å². The van der Waals surface area contributed by atoms with Crippen molar-refractivity contribution in [1.29, 1.82) is 0 Å². The normalized spacial score (nSPS) is 20.8. The Balaban J connectivity index is 0.00000200. The third kappa shape index (κ3) is 4.42. The molecule has 1 amide bonds. The highest BCUT2D eigenvalue weighted by atomic mass is 35.5. The first kappa shape index (κ1) is 16.8. The van der Waals surface area contributed by atoms with Crippen molar-refractivity contribution in [3.05, 3.63) is 12.4 Å². The lowest BCUT2D eigenvalue weighted by molar-refractivity contribution is -0.118. The van der Waals surface area contributed by atoms with Crippen LogP contribution in [0.3, 0.4) is 0 Å². The van der Waals surface area contributed by atoms with Gasteiger partial charge in [-0.25, -0.2) is 8.78 Å². The first-order valence-corrected chi connectivity index (χ1v) is 6.30. The fraction of sp³-hybridized carbons (Fsp3) is 0.667. The Kier molecular flexibility index (Phi) is 5.47. The number of nitrogens with one attached hydrogen (secondary N) is 2. The highest BCUT2D eigenvalue weighted by Gasteiger charge is 2.42. The number of halogens is 3. The first-order chi connectivity index (χ1) is 8.85. The topological polar surface area (TPSA) is 59.0 Å². The molecule has 1 fully saturated rings. The molecule has 1 aromatic heterocycles. The van der Waals surface area contributed by atoms with E-state index in [1.54, 1.807) is 10.9 Å². The Bertz CT molecular complexity index is 464. The van der Waals surface area contributed by atoms with E-state index in [0.717, 1.165) is 6.54 Å². The molecule has 0 bridgehead atoms. The van der Waals surface area contributed by atoms with Gasteiger partial charge in [0, 0.05) is 19.2 Å². The van der Waals surface area contributed by atoms with E-state index in [4.69, 9.17) is 0 Å². The van der Waals surface area contributed by atoms with Crippen molar-refractivity contribution in [1.82, 2.24) is 15.1 Å². The van der Waals surface area contributed by atoms with Crippen LogP contribution in [0.2, 0.25) is 0 Å². The minimum Gasteiger partial charge on any atom is -0.322 e. The number of hydrogen-bond donors (Lipinski definition) is 2. The number of carbonyl (C=O) groups is 1. The van der Waals surface area contributed by atoms with E-state index in [1.165, 1.54) is 6.20 Å². The van der Waals surface area contributed by atoms with E-state index >= 15 is 0 Å². The van der Waals surface area contributed by atoms with Crippen LogP contribution in [0.1, 0.15) is 20.3 Å². The van der Waals surface area contributed by atoms with Crippen molar-refractivity contribution in [2.45, 2.75) is 38.8 Å². The van der Waals surface area contributed by atoms with Gasteiger partial charge in [0.15, 0.2) is 0 Å². The van der Waals surface area contributed by atoms with Crippen molar-refractivity contribution in [2.24, 2.45) is 5.92 Å². The van der Waals surface area contributed by atoms with Gasteiger partial charge in [-0.15, -0.1) is 12.4 Å². The summed E-state index contributed by atoms with van der Waals surface area (Å²) in [7, 11) is 0. The van der Waals surface area contributed by atoms with Gasteiger partial charge in [-0.3, -0.25) is 14.8 Å². The van der Waals surface area contributed by atoms with Crippen molar-refractivity contribution in [3.63, 3.8) is 0 Å². The molecular formula is C12H19ClF2N4O. The Labute approximate surface area is 122 Å². The van der Waals surface area contributed by atoms with Crippen molar-refractivity contribution in [3.8, 4) is 0 Å². The summed E-state index contributed by atoms with van der Waals surface area (Å²) in [6.45, 7) is 4.42. The maximum atomic E-state index is 13.0. The second-order valence-electron chi connectivity index (χ2n) is 5.33. The van der Waals surface area contributed by atoms with E-state index in [2.05, 4.69) is 29.6 Å².